The SMILES string of the molecule is COc1ccc(CNC(=O)CNc2cc(F)c(OC)c(F)c2)cc1OC. The third-order valence-corrected chi connectivity index (χ3v) is 3.59. The Morgan fingerprint density at radius 2 is 1.62 bits per heavy atom. The number of carbonyl (C=O) groups is 1. The van der Waals surface area contributed by atoms with Crippen LogP contribution in [0.5, 0.6) is 17.2 Å². The predicted octanol–water partition coefficient (Wildman–Crippen LogP) is 2.72. The molecule has 2 rings (SSSR count). The molecule has 0 saturated carbocycles. The molecule has 0 aromatic heterocycles. The number of methoxy groups -OCH3 is 3. The number of halogens is 2. The lowest BCUT2D eigenvalue weighted by atomic mass is 10.2. The summed E-state index contributed by atoms with van der Waals surface area (Å²) in [5, 5.41) is 5.36. The van der Waals surface area contributed by atoms with E-state index in [1.54, 1.807) is 18.2 Å². The molecule has 6 nitrogen and oxygen atoms in total. The molecular weight excluding hydrogens is 346 g/mol. The minimum absolute atomic E-state index is 0.140. The number of amides is 1. The molecule has 1 amide bonds. The topological polar surface area (TPSA) is 68.8 Å². The van der Waals surface area contributed by atoms with Crippen molar-refractivity contribution in [2.45, 2.75) is 6.54 Å². The fourth-order valence-corrected chi connectivity index (χ4v) is 2.29. The van der Waals surface area contributed by atoms with Crippen LogP contribution < -0.4 is 24.8 Å². The number of hydrogen-bond donors (Lipinski definition) is 2. The second-order valence-corrected chi connectivity index (χ2v) is 5.29. The molecule has 0 saturated heterocycles. The van der Waals surface area contributed by atoms with Gasteiger partial charge in [-0.15, -0.1) is 0 Å². The van der Waals surface area contributed by atoms with Gasteiger partial charge >= 0.3 is 0 Å². The number of anilines is 1. The van der Waals surface area contributed by atoms with Crippen molar-refractivity contribution in [3.05, 3.63) is 47.5 Å². The monoisotopic (exact) mass is 366 g/mol. The summed E-state index contributed by atoms with van der Waals surface area (Å²) in [6.07, 6.45) is 0. The predicted molar refractivity (Wildman–Crippen MR) is 92.8 cm³/mol. The highest BCUT2D eigenvalue weighted by atomic mass is 19.1. The lowest BCUT2D eigenvalue weighted by Crippen LogP contribution is -2.29. The van der Waals surface area contributed by atoms with Crippen molar-refractivity contribution in [1.29, 1.82) is 0 Å². The third kappa shape index (κ3) is 4.75. The van der Waals surface area contributed by atoms with Gasteiger partial charge in [0, 0.05) is 24.4 Å². The highest BCUT2D eigenvalue weighted by molar-refractivity contribution is 5.80. The molecule has 140 valence electrons. The van der Waals surface area contributed by atoms with E-state index in [0.717, 1.165) is 17.7 Å². The van der Waals surface area contributed by atoms with Crippen molar-refractivity contribution in [3.63, 3.8) is 0 Å². The molecule has 0 aliphatic heterocycles. The summed E-state index contributed by atoms with van der Waals surface area (Å²) in [7, 11) is 4.24. The Morgan fingerprint density at radius 1 is 0.962 bits per heavy atom. The number of ether oxygens (including phenoxy) is 3. The second-order valence-electron chi connectivity index (χ2n) is 5.29. The average Bonchev–Trinajstić information content (AvgIpc) is 2.64. The van der Waals surface area contributed by atoms with E-state index in [1.807, 2.05) is 0 Å². The fourth-order valence-electron chi connectivity index (χ4n) is 2.29. The van der Waals surface area contributed by atoms with Crippen molar-refractivity contribution in [1.82, 2.24) is 5.32 Å². The van der Waals surface area contributed by atoms with Gasteiger partial charge in [-0.2, -0.15) is 0 Å². The average molecular weight is 366 g/mol. The minimum atomic E-state index is -0.847. The number of hydrogen-bond acceptors (Lipinski definition) is 5. The molecule has 0 heterocycles. The quantitative estimate of drug-likeness (QED) is 0.752. The molecule has 0 radical (unpaired) electrons. The molecular formula is C18H20F2N2O4. The van der Waals surface area contributed by atoms with Gasteiger partial charge in [0.15, 0.2) is 28.9 Å². The molecule has 2 N–H and O–H groups in total. The zero-order valence-corrected chi connectivity index (χ0v) is 14.7. The van der Waals surface area contributed by atoms with Crippen molar-refractivity contribution in [3.8, 4) is 17.2 Å². The van der Waals surface area contributed by atoms with Gasteiger partial charge in [-0.25, -0.2) is 8.78 Å². The van der Waals surface area contributed by atoms with Gasteiger partial charge in [-0.3, -0.25) is 4.79 Å². The smallest absolute Gasteiger partial charge is 0.239 e. The molecule has 0 aliphatic carbocycles. The van der Waals surface area contributed by atoms with Crippen LogP contribution >= 0.6 is 0 Å². The number of nitrogens with one attached hydrogen (secondary N) is 2. The Labute approximate surface area is 150 Å². The van der Waals surface area contributed by atoms with Crippen LogP contribution in [-0.2, 0) is 11.3 Å². The first-order valence-corrected chi connectivity index (χ1v) is 7.73. The van der Waals surface area contributed by atoms with Crippen LogP contribution in [-0.4, -0.2) is 33.8 Å². The van der Waals surface area contributed by atoms with E-state index in [9.17, 15) is 13.6 Å². The van der Waals surface area contributed by atoms with Crippen molar-refractivity contribution in [2.24, 2.45) is 0 Å². The fraction of sp³-hybridized carbons (Fsp3) is 0.278. The normalized spacial score (nSPS) is 10.2. The van der Waals surface area contributed by atoms with Crippen LogP contribution in [0.2, 0.25) is 0 Å². The summed E-state index contributed by atoms with van der Waals surface area (Å²) >= 11 is 0. The molecule has 0 unspecified atom stereocenters. The number of benzene rings is 2. The zero-order chi connectivity index (χ0) is 19.1. The molecule has 0 spiro atoms. The van der Waals surface area contributed by atoms with Crippen LogP contribution in [0.3, 0.4) is 0 Å². The van der Waals surface area contributed by atoms with Gasteiger partial charge in [0.05, 0.1) is 27.9 Å². The van der Waals surface area contributed by atoms with Crippen LogP contribution in [0.4, 0.5) is 14.5 Å². The van der Waals surface area contributed by atoms with E-state index in [2.05, 4.69) is 15.4 Å². The minimum Gasteiger partial charge on any atom is -0.493 e. The Kier molecular flexibility index (Phi) is 6.60. The standard InChI is InChI=1S/C18H20F2N2O4/c1-24-15-5-4-11(6-16(15)25-2)9-22-17(23)10-21-12-7-13(19)18(26-3)14(20)8-12/h4-8,21H,9-10H2,1-3H3,(H,22,23). The molecule has 26 heavy (non-hydrogen) atoms. The van der Waals surface area contributed by atoms with Gasteiger partial charge in [0.25, 0.3) is 0 Å². The maximum absolute atomic E-state index is 13.6. The van der Waals surface area contributed by atoms with Crippen molar-refractivity contribution >= 4 is 11.6 Å². The van der Waals surface area contributed by atoms with Gasteiger partial charge in [-0.05, 0) is 17.7 Å². The van der Waals surface area contributed by atoms with Gasteiger partial charge in [0.2, 0.25) is 5.91 Å². The molecule has 2 aromatic rings. The largest absolute Gasteiger partial charge is 0.493 e. The molecule has 0 atom stereocenters. The number of carbonyl (C=O) groups excluding carboxylic acids is 1. The maximum atomic E-state index is 13.6. The first-order valence-electron chi connectivity index (χ1n) is 7.73. The van der Waals surface area contributed by atoms with E-state index in [-0.39, 0.29) is 24.7 Å². The van der Waals surface area contributed by atoms with Gasteiger partial charge < -0.3 is 24.8 Å². The summed E-state index contributed by atoms with van der Waals surface area (Å²) in [4.78, 5) is 11.9. The van der Waals surface area contributed by atoms with E-state index in [1.165, 1.54) is 21.3 Å². The van der Waals surface area contributed by atoms with Crippen LogP contribution in [0.1, 0.15) is 5.56 Å². The Hall–Kier alpha value is -3.03. The molecule has 8 heteroatoms. The first-order chi connectivity index (χ1) is 12.5. The number of rotatable bonds is 8. The maximum Gasteiger partial charge on any atom is 0.239 e. The molecule has 0 aliphatic rings. The highest BCUT2D eigenvalue weighted by Gasteiger charge is 2.12. The van der Waals surface area contributed by atoms with E-state index < -0.39 is 17.4 Å². The Morgan fingerprint density at radius 3 is 2.19 bits per heavy atom. The van der Waals surface area contributed by atoms with E-state index in [4.69, 9.17) is 9.47 Å². The van der Waals surface area contributed by atoms with Gasteiger partial charge in [-0.1, -0.05) is 6.07 Å². The molecule has 0 bridgehead atoms. The summed E-state index contributed by atoms with van der Waals surface area (Å²) in [5.74, 6) is -1.35. The summed E-state index contributed by atoms with van der Waals surface area (Å²) in [6.45, 7) is 0.130. The van der Waals surface area contributed by atoms with Crippen LogP contribution in [0, 0.1) is 11.6 Å². The third-order valence-electron chi connectivity index (χ3n) is 3.59. The Balaban J connectivity index is 1.90. The van der Waals surface area contributed by atoms with E-state index >= 15 is 0 Å². The lowest BCUT2D eigenvalue weighted by Gasteiger charge is -2.11. The second kappa shape index (κ2) is 8.89. The summed E-state index contributed by atoms with van der Waals surface area (Å²) in [5.41, 5.74) is 0.958. The highest BCUT2D eigenvalue weighted by Crippen LogP contribution is 2.27. The van der Waals surface area contributed by atoms with Crippen molar-refractivity contribution < 1.29 is 27.8 Å². The van der Waals surface area contributed by atoms with Crippen molar-refractivity contribution in [2.75, 3.05) is 33.2 Å². The first kappa shape index (κ1) is 19.3. The Bertz CT molecular complexity index is 761. The van der Waals surface area contributed by atoms with E-state index in [0.29, 0.717) is 11.5 Å². The van der Waals surface area contributed by atoms with Gasteiger partial charge in [0.1, 0.15) is 0 Å². The van der Waals surface area contributed by atoms with Crippen LogP contribution in [0.15, 0.2) is 30.3 Å². The zero-order valence-electron chi connectivity index (χ0n) is 14.7. The molecule has 2 aromatic carbocycles. The summed E-state index contributed by atoms with van der Waals surface area (Å²) < 4.78 is 42.2. The van der Waals surface area contributed by atoms with Crippen LogP contribution in [0.25, 0.3) is 0 Å². The lowest BCUT2D eigenvalue weighted by molar-refractivity contribution is -0.119. The summed E-state index contributed by atoms with van der Waals surface area (Å²) in [6, 6.07) is 7.40. The molecule has 0 fully saturated rings.